The molecule has 0 aliphatic heterocycles. The van der Waals surface area contributed by atoms with Crippen LogP contribution >= 0.6 is 0 Å². The summed E-state index contributed by atoms with van der Waals surface area (Å²) in [7, 11) is 0. The quantitative estimate of drug-likeness (QED) is 0.176. The van der Waals surface area contributed by atoms with Crippen LogP contribution in [0.1, 0.15) is 47.4 Å². The van der Waals surface area contributed by atoms with Crippen molar-refractivity contribution >= 4 is 16.5 Å². The smallest absolute Gasteiger partial charge is 0.674 e. The van der Waals surface area contributed by atoms with Gasteiger partial charge >= 0.3 is 26.2 Å². The third-order valence-corrected chi connectivity index (χ3v) is 6.86. The van der Waals surface area contributed by atoms with Crippen molar-refractivity contribution in [3.8, 4) is 5.69 Å². The van der Waals surface area contributed by atoms with Gasteiger partial charge in [-0.1, -0.05) is 78.5 Å². The van der Waals surface area contributed by atoms with Crippen LogP contribution < -0.4 is 0 Å². The van der Waals surface area contributed by atoms with Gasteiger partial charge in [-0.25, -0.2) is 0 Å². The molecule has 0 unspecified atom stereocenters. The molecule has 6 aromatic rings. The number of aromatic nitrogens is 2. The third kappa shape index (κ3) is 9.24. The van der Waals surface area contributed by atoms with E-state index in [9.17, 15) is 0 Å². The first-order valence-electron chi connectivity index (χ1n) is 14.1. The van der Waals surface area contributed by atoms with Gasteiger partial charge < -0.3 is 5.32 Å². The molecule has 0 N–H and O–H groups in total. The molecule has 0 aliphatic rings. The average Bonchev–Trinajstić information content (AvgIpc) is 3.48. The van der Waals surface area contributed by atoms with E-state index in [0.29, 0.717) is 0 Å². The summed E-state index contributed by atoms with van der Waals surface area (Å²) in [5.74, 6) is 0. The fourth-order valence-corrected chi connectivity index (χ4v) is 4.75. The van der Waals surface area contributed by atoms with Crippen LogP contribution in [-0.2, 0) is 31.7 Å². The van der Waals surface area contributed by atoms with Crippen LogP contribution in [0.4, 0.5) is 5.69 Å². The van der Waals surface area contributed by atoms with Crippen molar-refractivity contribution in [2.75, 3.05) is 0 Å². The Labute approximate surface area is 277 Å². The van der Waals surface area contributed by atoms with E-state index in [1.807, 2.05) is 83.7 Å². The zero-order chi connectivity index (χ0) is 30.1. The standard InChI is InChI=1S/C25H25N3.2C7H7.Zr/c1-17-15-18(2)24(19(3)16-17)26-25(4,5)23-13-14-28(27-23)22-12-8-10-20-9-6-7-11-21(20)22;2*1-7-5-3-2-4-6-7;/h6-11,13-16H,1-5H3;2*2-6H,1H2;/q-2;2*-1;+3. The molecule has 215 valence electrons. The van der Waals surface area contributed by atoms with Crippen LogP contribution in [0.3, 0.4) is 0 Å². The molecule has 0 aliphatic carbocycles. The maximum absolute atomic E-state index is 5.08. The van der Waals surface area contributed by atoms with Crippen LogP contribution in [0.2, 0.25) is 0 Å². The van der Waals surface area contributed by atoms with E-state index in [-0.39, 0.29) is 26.2 Å². The molecule has 1 aromatic heterocycles. The third-order valence-electron chi connectivity index (χ3n) is 6.86. The van der Waals surface area contributed by atoms with Crippen molar-refractivity contribution in [2.24, 2.45) is 0 Å². The van der Waals surface area contributed by atoms with Gasteiger partial charge in [-0.05, 0) is 32.5 Å². The number of fused-ring (bicyclic) bond motifs is 1. The molecule has 3 nitrogen and oxygen atoms in total. The van der Waals surface area contributed by atoms with Crippen molar-refractivity contribution < 1.29 is 26.2 Å². The summed E-state index contributed by atoms with van der Waals surface area (Å²) in [4.78, 5) is 0. The molecule has 4 heteroatoms. The van der Waals surface area contributed by atoms with Crippen molar-refractivity contribution in [3.63, 3.8) is 0 Å². The van der Waals surface area contributed by atoms with Gasteiger partial charge in [0.05, 0.1) is 5.69 Å². The van der Waals surface area contributed by atoms with Crippen molar-refractivity contribution in [1.82, 2.24) is 9.78 Å². The minimum Gasteiger partial charge on any atom is -0.674 e. The number of nitrogens with zero attached hydrogens (tertiary/aromatic N) is 3. The van der Waals surface area contributed by atoms with Crippen LogP contribution in [0.5, 0.6) is 0 Å². The Morgan fingerprint density at radius 3 is 1.79 bits per heavy atom. The molecule has 0 saturated carbocycles. The molecule has 0 atom stereocenters. The number of rotatable bonds is 4. The second kappa shape index (κ2) is 15.5. The maximum atomic E-state index is 5.08. The van der Waals surface area contributed by atoms with Crippen LogP contribution in [-0.4, -0.2) is 9.78 Å². The molecule has 0 spiro atoms. The normalized spacial score (nSPS) is 10.4. The van der Waals surface area contributed by atoms with Crippen LogP contribution in [0.25, 0.3) is 21.8 Å². The van der Waals surface area contributed by atoms with E-state index in [4.69, 9.17) is 10.4 Å². The summed E-state index contributed by atoms with van der Waals surface area (Å²) in [6, 6.07) is 41.9. The Bertz CT molecular complexity index is 1650. The zero-order valence-electron chi connectivity index (χ0n) is 25.8. The molecule has 0 fully saturated rings. The molecule has 1 heterocycles. The van der Waals surface area contributed by atoms with Gasteiger partial charge in [-0.3, -0.25) is 4.68 Å². The van der Waals surface area contributed by atoms with Gasteiger partial charge in [0.15, 0.2) is 0 Å². The topological polar surface area (TPSA) is 31.9 Å². The molecule has 6 rings (SSSR count). The van der Waals surface area contributed by atoms with E-state index in [1.54, 1.807) is 0 Å². The van der Waals surface area contributed by atoms with E-state index in [0.717, 1.165) is 33.6 Å². The number of aryl methyl sites for hydroxylation is 3. The second-order valence-electron chi connectivity index (χ2n) is 10.9. The summed E-state index contributed by atoms with van der Waals surface area (Å²) in [6.45, 7) is 18.0. The Balaban J connectivity index is 0.000000276. The minimum atomic E-state index is -0.430. The zero-order valence-corrected chi connectivity index (χ0v) is 28.3. The maximum Gasteiger partial charge on any atom is 3.00 e. The molecular weight excluding hydrogens is 602 g/mol. The molecule has 5 aromatic carbocycles. The van der Waals surface area contributed by atoms with Crippen molar-refractivity contribution in [2.45, 2.75) is 40.2 Å². The Morgan fingerprint density at radius 2 is 1.26 bits per heavy atom. The average molecular weight is 641 g/mol. The fraction of sp³-hybridized carbons (Fsp3) is 0.154. The molecule has 0 saturated heterocycles. The summed E-state index contributed by atoms with van der Waals surface area (Å²) in [5, 5.41) is 12.3. The fourth-order valence-electron chi connectivity index (χ4n) is 4.75. The van der Waals surface area contributed by atoms with Gasteiger partial charge in [0.25, 0.3) is 0 Å². The van der Waals surface area contributed by atoms with Gasteiger partial charge in [0, 0.05) is 6.20 Å². The summed E-state index contributed by atoms with van der Waals surface area (Å²) in [6.07, 6.45) is 2.00. The van der Waals surface area contributed by atoms with E-state index < -0.39 is 5.54 Å². The Kier molecular flexibility index (Phi) is 12.0. The first-order chi connectivity index (χ1) is 20.1. The SMILES string of the molecule is Cc1cc(C)c([N-]C(C)(C)c2ccn(-c3[c-]ccc4ccccc34)n2)c(C)c1.[CH2-]c1ccccc1.[CH2-]c1ccccc1.[Zr+3]. The molecule has 0 amide bonds. The molecular formula is C39H39N3Zr-. The first-order valence-corrected chi connectivity index (χ1v) is 14.1. The minimum absolute atomic E-state index is 0. The molecule has 0 bridgehead atoms. The summed E-state index contributed by atoms with van der Waals surface area (Å²) in [5.41, 5.74) is 8.34. The summed E-state index contributed by atoms with van der Waals surface area (Å²) < 4.78 is 1.91. The van der Waals surface area contributed by atoms with Gasteiger partial charge in [-0.15, -0.1) is 46.8 Å². The number of hydrogen-bond donors (Lipinski definition) is 0. The Hall–Kier alpha value is -4.01. The predicted molar refractivity (Wildman–Crippen MR) is 178 cm³/mol. The predicted octanol–water partition coefficient (Wildman–Crippen LogP) is 10.4. The van der Waals surface area contributed by atoms with Gasteiger partial charge in [-0.2, -0.15) is 72.5 Å². The molecule has 1 radical (unpaired) electrons. The van der Waals surface area contributed by atoms with Crippen LogP contribution in [0.15, 0.2) is 121 Å². The van der Waals surface area contributed by atoms with Gasteiger partial charge in [0.2, 0.25) is 0 Å². The van der Waals surface area contributed by atoms with E-state index in [2.05, 4.69) is 97.0 Å². The monoisotopic (exact) mass is 639 g/mol. The summed E-state index contributed by atoms with van der Waals surface area (Å²) >= 11 is 0. The van der Waals surface area contributed by atoms with Crippen molar-refractivity contribution in [3.05, 3.63) is 180 Å². The number of hydrogen-bond acceptors (Lipinski definition) is 1. The van der Waals surface area contributed by atoms with Gasteiger partial charge in [0.1, 0.15) is 0 Å². The van der Waals surface area contributed by atoms with E-state index in [1.165, 1.54) is 22.1 Å². The first kappa shape index (κ1) is 33.5. The largest absolute Gasteiger partial charge is 3.00 e. The second-order valence-corrected chi connectivity index (χ2v) is 10.9. The molecule has 43 heavy (non-hydrogen) atoms. The number of benzene rings is 5. The van der Waals surface area contributed by atoms with Crippen LogP contribution in [0, 0.1) is 40.7 Å². The Morgan fingerprint density at radius 1 is 0.721 bits per heavy atom. The van der Waals surface area contributed by atoms with E-state index >= 15 is 0 Å². The van der Waals surface area contributed by atoms with Crippen molar-refractivity contribution in [1.29, 1.82) is 0 Å².